The molecule has 48 heavy (non-hydrogen) atoms. The molecule has 12 heteroatoms. The number of nitrogens with zero attached hydrogens (tertiary/aromatic N) is 4. The molecule has 0 radical (unpaired) electrons. The van der Waals surface area contributed by atoms with Crippen molar-refractivity contribution in [3.8, 4) is 17.2 Å². The Labute approximate surface area is 275 Å². The Morgan fingerprint density at radius 3 is 2.31 bits per heavy atom. The third kappa shape index (κ3) is 5.82. The minimum Gasteiger partial charge on any atom is -0.506 e. The largest absolute Gasteiger partial charge is 0.506 e. The monoisotopic (exact) mass is 645 g/mol. The highest BCUT2D eigenvalue weighted by atomic mass is 16.6. The van der Waals surface area contributed by atoms with Gasteiger partial charge in [-0.05, 0) is 42.8 Å². The van der Waals surface area contributed by atoms with Gasteiger partial charge < -0.3 is 15.2 Å². The Morgan fingerprint density at radius 1 is 0.938 bits per heavy atom. The van der Waals surface area contributed by atoms with Crippen LogP contribution in [0.4, 0.5) is 27.5 Å². The minimum atomic E-state index is -0.757. The molecule has 0 aromatic heterocycles. The maximum Gasteiger partial charge on any atom is 0.350 e. The van der Waals surface area contributed by atoms with Crippen molar-refractivity contribution in [3.05, 3.63) is 124 Å². The summed E-state index contributed by atoms with van der Waals surface area (Å²) < 4.78 is 6.35. The highest BCUT2D eigenvalue weighted by Gasteiger charge is 2.42. The van der Waals surface area contributed by atoms with Crippen molar-refractivity contribution < 1.29 is 29.2 Å². The fraction of sp³-hybridized carbons (Fsp3) is 0.139. The van der Waals surface area contributed by atoms with Crippen molar-refractivity contribution in [2.75, 3.05) is 28.8 Å². The maximum atomic E-state index is 14.1. The molecule has 0 aliphatic carbocycles. The lowest BCUT2D eigenvalue weighted by Crippen LogP contribution is -2.50. The highest BCUT2D eigenvalue weighted by Crippen LogP contribution is 2.42. The van der Waals surface area contributed by atoms with Crippen molar-refractivity contribution in [2.24, 2.45) is 5.92 Å². The van der Waals surface area contributed by atoms with E-state index in [9.17, 15) is 29.6 Å². The van der Waals surface area contributed by atoms with E-state index in [1.165, 1.54) is 31.3 Å². The van der Waals surface area contributed by atoms with Crippen molar-refractivity contribution in [1.82, 2.24) is 5.01 Å². The van der Waals surface area contributed by atoms with Gasteiger partial charge in [-0.3, -0.25) is 29.6 Å². The van der Waals surface area contributed by atoms with Gasteiger partial charge in [-0.2, -0.15) is 5.01 Å². The van der Waals surface area contributed by atoms with Crippen LogP contribution in [0.1, 0.15) is 22.8 Å². The molecule has 1 atom stereocenters. The molecule has 0 spiro atoms. The number of benzene rings is 5. The van der Waals surface area contributed by atoms with Gasteiger partial charge in [-0.25, -0.2) is 4.79 Å². The van der Waals surface area contributed by atoms with Gasteiger partial charge in [0.25, 0.3) is 17.5 Å². The van der Waals surface area contributed by atoms with E-state index in [1.807, 2.05) is 25.1 Å². The van der Waals surface area contributed by atoms with Crippen LogP contribution in [0, 0.1) is 23.0 Å². The number of phenols is 1. The number of aromatic hydroxyl groups is 1. The summed E-state index contributed by atoms with van der Waals surface area (Å²) in [6.45, 7) is 3.82. The third-order valence-corrected chi connectivity index (χ3v) is 8.19. The van der Waals surface area contributed by atoms with Crippen molar-refractivity contribution in [3.63, 3.8) is 0 Å². The lowest BCUT2D eigenvalue weighted by molar-refractivity contribution is -0.384. The van der Waals surface area contributed by atoms with Crippen LogP contribution in [0.5, 0.6) is 17.2 Å². The number of nitrogens with one attached hydrogen (secondary N) is 1. The molecule has 1 heterocycles. The molecule has 6 rings (SSSR count). The second-order valence-electron chi connectivity index (χ2n) is 11.4. The van der Waals surface area contributed by atoms with Crippen LogP contribution in [-0.2, 0) is 4.79 Å². The number of non-ortho nitro benzene ring substituents is 1. The Kier molecular flexibility index (Phi) is 8.38. The topological polar surface area (TPSA) is 146 Å². The summed E-state index contributed by atoms with van der Waals surface area (Å²) in [5.74, 6) is -1.60. The van der Waals surface area contributed by atoms with E-state index in [2.05, 4.69) is 5.32 Å². The summed E-state index contributed by atoms with van der Waals surface area (Å²) >= 11 is 0. The van der Waals surface area contributed by atoms with E-state index in [0.29, 0.717) is 22.1 Å². The number of nitro groups is 1. The van der Waals surface area contributed by atoms with Gasteiger partial charge >= 0.3 is 6.03 Å². The highest BCUT2D eigenvalue weighted by molar-refractivity contribution is 6.11. The number of hydrogen-bond donors (Lipinski definition) is 2. The van der Waals surface area contributed by atoms with Crippen molar-refractivity contribution in [2.45, 2.75) is 13.8 Å². The first-order valence-corrected chi connectivity index (χ1v) is 15.1. The van der Waals surface area contributed by atoms with E-state index in [0.717, 1.165) is 15.5 Å². The zero-order valence-electron chi connectivity index (χ0n) is 26.3. The van der Waals surface area contributed by atoms with Gasteiger partial charge in [-0.15, -0.1) is 0 Å². The number of carbonyl (C=O) groups is 3. The fourth-order valence-corrected chi connectivity index (χ4v) is 5.58. The van der Waals surface area contributed by atoms with Gasteiger partial charge in [0.2, 0.25) is 0 Å². The normalized spacial score (nSPS) is 14.2. The van der Waals surface area contributed by atoms with Gasteiger partial charge in [0.05, 0.1) is 34.3 Å². The first-order chi connectivity index (χ1) is 23.0. The van der Waals surface area contributed by atoms with Crippen LogP contribution in [0.15, 0.2) is 103 Å². The Bertz CT molecular complexity index is 2080. The number of imide groups is 1. The number of carbonyl (C=O) groups excluding carboxylic acids is 3. The predicted molar refractivity (Wildman–Crippen MR) is 182 cm³/mol. The second kappa shape index (κ2) is 12.8. The van der Waals surface area contributed by atoms with E-state index >= 15 is 0 Å². The van der Waals surface area contributed by atoms with E-state index in [4.69, 9.17) is 4.74 Å². The number of aryl methyl sites for hydroxylation is 1. The molecule has 2 N–H and O–H groups in total. The number of ether oxygens (including phenoxy) is 1. The average Bonchev–Trinajstić information content (AvgIpc) is 3.40. The molecular weight excluding hydrogens is 614 g/mol. The molecule has 1 aliphatic heterocycles. The van der Waals surface area contributed by atoms with E-state index in [1.54, 1.807) is 72.6 Å². The molecule has 5 aromatic rings. The van der Waals surface area contributed by atoms with Crippen LogP contribution in [-0.4, -0.2) is 46.5 Å². The number of hydrazine groups is 1. The molecule has 1 saturated heterocycles. The Balaban J connectivity index is 1.41. The average molecular weight is 646 g/mol. The quantitative estimate of drug-likeness (QED) is 0.139. The van der Waals surface area contributed by atoms with Gasteiger partial charge in [-0.1, -0.05) is 67.6 Å². The summed E-state index contributed by atoms with van der Waals surface area (Å²) in [7, 11) is 1.39. The summed E-state index contributed by atoms with van der Waals surface area (Å²) in [6, 6.07) is 27.3. The van der Waals surface area contributed by atoms with Crippen molar-refractivity contribution in [1.29, 1.82) is 0 Å². The van der Waals surface area contributed by atoms with Gasteiger partial charge in [0.15, 0.2) is 5.75 Å². The van der Waals surface area contributed by atoms with Gasteiger partial charge in [0, 0.05) is 35.6 Å². The standard InChI is InChI=1S/C36H31N5O7/c1-22-11-7-10-16-29(22)37-34(43)28-20-32(26-14-8-9-15-27(26)33(28)42)48-31-18-17-25(41(46)47)19-30(31)38(3)36(45)40-35(44)23(2)21-39(40)24-12-5-4-6-13-24/h4-20,23,42H,21H2,1-3H3,(H,37,43). The zero-order chi connectivity index (χ0) is 34.1. The van der Waals surface area contributed by atoms with Crippen molar-refractivity contribution >= 4 is 51.4 Å². The molecule has 12 nitrogen and oxygen atoms in total. The minimum absolute atomic E-state index is 0.00219. The molecule has 242 valence electrons. The number of hydrogen-bond acceptors (Lipinski definition) is 8. The SMILES string of the molecule is Cc1ccccc1NC(=O)c1cc(Oc2ccc([N+](=O)[O-])cc2N(C)C(=O)N2C(=O)C(C)CN2c2ccccc2)c2ccccc2c1O. The smallest absolute Gasteiger partial charge is 0.350 e. The summed E-state index contributed by atoms with van der Waals surface area (Å²) in [6.07, 6.45) is 0. The number of amides is 4. The molecule has 4 amide bonds. The molecule has 1 aliphatic rings. The van der Waals surface area contributed by atoms with Crippen LogP contribution in [0.3, 0.4) is 0 Å². The third-order valence-electron chi connectivity index (χ3n) is 8.19. The first kappa shape index (κ1) is 31.5. The predicted octanol–water partition coefficient (Wildman–Crippen LogP) is 7.26. The number of anilines is 3. The van der Waals surface area contributed by atoms with Crippen LogP contribution in [0.25, 0.3) is 10.8 Å². The van der Waals surface area contributed by atoms with Crippen LogP contribution in [0.2, 0.25) is 0 Å². The number of nitro benzene ring substituents is 1. The number of urea groups is 1. The molecule has 1 unspecified atom stereocenters. The lowest BCUT2D eigenvalue weighted by atomic mass is 10.0. The summed E-state index contributed by atoms with van der Waals surface area (Å²) in [5, 5.41) is 29.2. The molecule has 0 saturated carbocycles. The van der Waals surface area contributed by atoms with Gasteiger partial charge in [0.1, 0.15) is 11.5 Å². The van der Waals surface area contributed by atoms with E-state index in [-0.39, 0.29) is 40.7 Å². The maximum absolute atomic E-state index is 14.1. The number of rotatable bonds is 7. The second-order valence-corrected chi connectivity index (χ2v) is 11.4. The zero-order valence-corrected chi connectivity index (χ0v) is 26.3. The lowest BCUT2D eigenvalue weighted by Gasteiger charge is -2.31. The number of para-hydroxylation sites is 2. The number of phenolic OH excluding ortho intramolecular Hbond substituents is 1. The molecule has 5 aromatic carbocycles. The fourth-order valence-electron chi connectivity index (χ4n) is 5.58. The summed E-state index contributed by atoms with van der Waals surface area (Å²) in [4.78, 5) is 53.1. The number of fused-ring (bicyclic) bond motifs is 1. The molecular formula is C36H31N5O7. The van der Waals surface area contributed by atoms with Crippen LogP contribution >= 0.6 is 0 Å². The molecule has 1 fully saturated rings. The van der Waals surface area contributed by atoms with Crippen LogP contribution < -0.4 is 20.0 Å². The Morgan fingerprint density at radius 2 is 1.60 bits per heavy atom. The van der Waals surface area contributed by atoms with E-state index < -0.39 is 28.7 Å². The molecule has 0 bridgehead atoms. The summed E-state index contributed by atoms with van der Waals surface area (Å²) in [5.41, 5.74) is 1.62. The first-order valence-electron chi connectivity index (χ1n) is 15.1. The Hall–Kier alpha value is -6.43.